The van der Waals surface area contributed by atoms with Gasteiger partial charge in [-0.25, -0.2) is 4.39 Å². The number of nitrogens with one attached hydrogen (secondary N) is 2. The first-order valence-corrected chi connectivity index (χ1v) is 14.6. The van der Waals surface area contributed by atoms with Crippen molar-refractivity contribution in [3.8, 4) is 22.5 Å². The summed E-state index contributed by atoms with van der Waals surface area (Å²) < 4.78 is 25.3. The Kier molecular flexibility index (Phi) is 9.31. The molecule has 3 aromatic carbocycles. The summed E-state index contributed by atoms with van der Waals surface area (Å²) >= 11 is 0. The van der Waals surface area contributed by atoms with Gasteiger partial charge in [0, 0.05) is 60.4 Å². The average Bonchev–Trinajstić information content (AvgIpc) is 3.41. The Morgan fingerprint density at radius 1 is 1.00 bits per heavy atom. The zero-order chi connectivity index (χ0) is 31.5. The highest BCUT2D eigenvalue weighted by Gasteiger charge is 2.37. The van der Waals surface area contributed by atoms with E-state index in [0.717, 1.165) is 11.3 Å². The van der Waals surface area contributed by atoms with Crippen LogP contribution in [0.1, 0.15) is 41.0 Å². The number of ether oxygens (including phenoxy) is 1. The molecule has 10 nitrogen and oxygen atoms in total. The molecule has 5 N–H and O–H groups in total. The lowest BCUT2D eigenvalue weighted by atomic mass is 9.96. The van der Waals surface area contributed by atoms with E-state index in [0.29, 0.717) is 46.5 Å². The Bertz CT molecular complexity index is 1640. The van der Waals surface area contributed by atoms with Crippen LogP contribution in [0, 0.1) is 5.82 Å². The fourth-order valence-corrected chi connectivity index (χ4v) is 5.64. The van der Waals surface area contributed by atoms with Gasteiger partial charge in [-0.3, -0.25) is 9.59 Å². The number of fused-ring (bicyclic) bond motifs is 1. The van der Waals surface area contributed by atoms with E-state index >= 15 is 0 Å². The van der Waals surface area contributed by atoms with Crippen LogP contribution in [-0.2, 0) is 4.74 Å². The molecule has 1 aromatic heterocycles. The predicted molar refractivity (Wildman–Crippen MR) is 164 cm³/mol. The van der Waals surface area contributed by atoms with Crippen molar-refractivity contribution in [2.75, 3.05) is 31.6 Å². The highest BCUT2D eigenvalue weighted by molar-refractivity contribution is 6.13. The molecule has 3 unspecified atom stereocenters. The lowest BCUT2D eigenvalue weighted by Crippen LogP contribution is -2.57. The number of amides is 2. The Morgan fingerprint density at radius 2 is 1.73 bits per heavy atom. The SMILES string of the molecule is CCN(CC)c1cc2oc(-c3ccc(F)cc3)c(C(=O)NC)c2cc1-c1cccc(C(=O)N[C@@H]2C(O)CC(CO)OC2O)c1. The van der Waals surface area contributed by atoms with Crippen LogP contribution in [0.25, 0.3) is 33.4 Å². The van der Waals surface area contributed by atoms with Crippen molar-refractivity contribution in [1.29, 1.82) is 0 Å². The molecule has 0 radical (unpaired) electrons. The quantitative estimate of drug-likeness (QED) is 0.194. The van der Waals surface area contributed by atoms with Crippen LogP contribution in [0.15, 0.2) is 65.1 Å². The van der Waals surface area contributed by atoms with Crippen LogP contribution in [0.4, 0.5) is 10.1 Å². The van der Waals surface area contributed by atoms with E-state index in [1.54, 1.807) is 30.3 Å². The minimum atomic E-state index is -1.49. The highest BCUT2D eigenvalue weighted by atomic mass is 19.1. The van der Waals surface area contributed by atoms with Gasteiger partial charge in [-0.2, -0.15) is 0 Å². The largest absolute Gasteiger partial charge is 0.455 e. The van der Waals surface area contributed by atoms with Gasteiger partial charge >= 0.3 is 0 Å². The number of halogens is 1. The molecule has 0 bridgehead atoms. The molecular weight excluding hydrogens is 569 g/mol. The van der Waals surface area contributed by atoms with E-state index in [4.69, 9.17) is 9.15 Å². The number of anilines is 1. The normalized spacial score (nSPS) is 20.0. The van der Waals surface area contributed by atoms with Gasteiger partial charge in [-0.1, -0.05) is 12.1 Å². The molecule has 4 atom stereocenters. The van der Waals surface area contributed by atoms with E-state index in [1.807, 2.05) is 32.0 Å². The van der Waals surface area contributed by atoms with Crippen molar-refractivity contribution >= 4 is 28.5 Å². The molecule has 44 heavy (non-hydrogen) atoms. The van der Waals surface area contributed by atoms with Gasteiger partial charge in [0.05, 0.1) is 24.4 Å². The molecule has 5 rings (SSSR count). The minimum Gasteiger partial charge on any atom is -0.455 e. The lowest BCUT2D eigenvalue weighted by molar-refractivity contribution is -0.212. The van der Waals surface area contributed by atoms with Crippen LogP contribution in [0.3, 0.4) is 0 Å². The van der Waals surface area contributed by atoms with Crippen molar-refractivity contribution in [3.05, 3.63) is 77.6 Å². The standard InChI is InChI=1S/C33H36FN3O7/c1-4-37(5-2)25-16-27-24(28(32(41)35-3)30(44-27)18-9-11-21(34)12-10-18)15-23(25)19-7-6-8-20(13-19)31(40)36-29-26(39)14-22(17-38)43-33(29)42/h6-13,15-16,22,26,29,33,38-39,42H,4-5,14,17H2,1-3H3,(H,35,41)(H,36,40)/t22?,26?,29-,33?/m1/s1. The third-order valence-electron chi connectivity index (χ3n) is 7.97. The second-order valence-corrected chi connectivity index (χ2v) is 10.6. The topological polar surface area (TPSA) is 144 Å². The lowest BCUT2D eigenvalue weighted by Gasteiger charge is -2.36. The van der Waals surface area contributed by atoms with Gasteiger partial charge < -0.3 is 40.0 Å². The summed E-state index contributed by atoms with van der Waals surface area (Å²) in [7, 11) is 1.53. The summed E-state index contributed by atoms with van der Waals surface area (Å²) in [4.78, 5) is 28.6. The molecule has 11 heteroatoms. The zero-order valence-corrected chi connectivity index (χ0v) is 24.7. The van der Waals surface area contributed by atoms with E-state index in [9.17, 15) is 29.3 Å². The third-order valence-corrected chi connectivity index (χ3v) is 7.97. The van der Waals surface area contributed by atoms with Crippen LogP contribution in [0.2, 0.25) is 0 Å². The number of benzene rings is 3. The molecule has 1 aliphatic rings. The van der Waals surface area contributed by atoms with E-state index in [2.05, 4.69) is 15.5 Å². The monoisotopic (exact) mass is 605 g/mol. The van der Waals surface area contributed by atoms with Gasteiger partial charge in [-0.05, 0) is 61.9 Å². The fraction of sp³-hybridized carbons (Fsp3) is 0.333. The van der Waals surface area contributed by atoms with Crippen molar-refractivity contribution in [1.82, 2.24) is 10.6 Å². The number of rotatable bonds is 9. The molecule has 1 aliphatic heterocycles. The van der Waals surface area contributed by atoms with E-state index < -0.39 is 36.3 Å². The summed E-state index contributed by atoms with van der Waals surface area (Å²) in [5.74, 6) is -0.992. The first-order valence-electron chi connectivity index (χ1n) is 14.6. The highest BCUT2D eigenvalue weighted by Crippen LogP contribution is 2.41. The number of hydrogen-bond acceptors (Lipinski definition) is 8. The third kappa shape index (κ3) is 6.04. The Balaban J connectivity index is 1.60. The summed E-state index contributed by atoms with van der Waals surface area (Å²) in [5.41, 5.74) is 3.87. The van der Waals surface area contributed by atoms with Crippen molar-refractivity contribution in [2.45, 2.75) is 44.8 Å². The molecule has 1 fully saturated rings. The summed E-state index contributed by atoms with van der Waals surface area (Å²) in [6.07, 6.45) is -3.26. The van der Waals surface area contributed by atoms with E-state index in [1.165, 1.54) is 19.2 Å². The van der Waals surface area contributed by atoms with Gasteiger partial charge in [-0.15, -0.1) is 0 Å². The predicted octanol–water partition coefficient (Wildman–Crippen LogP) is 3.67. The van der Waals surface area contributed by atoms with E-state index in [-0.39, 0.29) is 24.5 Å². The van der Waals surface area contributed by atoms with Crippen LogP contribution in [-0.4, -0.2) is 78.4 Å². The molecule has 232 valence electrons. The zero-order valence-electron chi connectivity index (χ0n) is 24.7. The van der Waals surface area contributed by atoms with Crippen molar-refractivity contribution in [2.24, 2.45) is 0 Å². The second-order valence-electron chi connectivity index (χ2n) is 10.6. The Labute approximate surface area is 254 Å². The van der Waals surface area contributed by atoms with Gasteiger partial charge in [0.15, 0.2) is 6.29 Å². The molecule has 2 amide bonds. The number of nitrogens with zero attached hydrogens (tertiary/aromatic N) is 1. The van der Waals surface area contributed by atoms with Crippen LogP contribution < -0.4 is 15.5 Å². The maximum atomic E-state index is 13.7. The summed E-state index contributed by atoms with van der Waals surface area (Å²) in [6, 6.07) is 15.3. The van der Waals surface area contributed by atoms with Crippen molar-refractivity contribution < 1.29 is 38.5 Å². The number of aliphatic hydroxyl groups is 3. The minimum absolute atomic E-state index is 0.0596. The first-order chi connectivity index (χ1) is 21.2. The molecule has 0 saturated carbocycles. The maximum Gasteiger partial charge on any atom is 0.255 e. The molecular formula is C33H36FN3O7. The second kappa shape index (κ2) is 13.1. The fourth-order valence-electron chi connectivity index (χ4n) is 5.64. The smallest absolute Gasteiger partial charge is 0.255 e. The van der Waals surface area contributed by atoms with Gasteiger partial charge in [0.2, 0.25) is 0 Å². The number of furan rings is 1. The first kappa shape index (κ1) is 31.1. The van der Waals surface area contributed by atoms with Gasteiger partial charge in [0.25, 0.3) is 11.8 Å². The summed E-state index contributed by atoms with van der Waals surface area (Å²) in [6.45, 7) is 5.03. The Hall–Kier alpha value is -4.29. The number of carbonyl (C=O) groups excluding carboxylic acids is 2. The molecule has 1 saturated heterocycles. The van der Waals surface area contributed by atoms with Crippen LogP contribution >= 0.6 is 0 Å². The average molecular weight is 606 g/mol. The van der Waals surface area contributed by atoms with Crippen LogP contribution in [0.5, 0.6) is 0 Å². The van der Waals surface area contributed by atoms with Crippen molar-refractivity contribution in [3.63, 3.8) is 0 Å². The van der Waals surface area contributed by atoms with Gasteiger partial charge in [0.1, 0.15) is 23.2 Å². The number of carbonyl (C=O) groups is 2. The Morgan fingerprint density at radius 3 is 2.36 bits per heavy atom. The molecule has 4 aromatic rings. The summed E-state index contributed by atoms with van der Waals surface area (Å²) in [5, 5.41) is 36.0. The molecule has 2 heterocycles. The number of aliphatic hydroxyl groups excluding tert-OH is 3. The number of hydrogen-bond donors (Lipinski definition) is 5. The molecule has 0 spiro atoms. The molecule has 0 aliphatic carbocycles. The maximum absolute atomic E-state index is 13.7.